The van der Waals surface area contributed by atoms with Gasteiger partial charge in [0, 0.05) is 39.1 Å². The molecule has 0 saturated heterocycles. The molecule has 0 radical (unpaired) electrons. The third-order valence-electron chi connectivity index (χ3n) is 8.73. The Morgan fingerprint density at radius 1 is 0.585 bits per heavy atom. The van der Waals surface area contributed by atoms with E-state index in [4.69, 9.17) is 62.6 Å². The summed E-state index contributed by atoms with van der Waals surface area (Å²) >= 11 is 19.7. The van der Waals surface area contributed by atoms with Gasteiger partial charge in [-0.1, -0.05) is 69.8 Å². The zero-order valence-corrected chi connectivity index (χ0v) is 28.4. The number of phosphoric ester groups is 1. The summed E-state index contributed by atoms with van der Waals surface area (Å²) in [6, 6.07) is 0. The smallest absolute Gasteiger partial charge is 0.355 e. The average Bonchev–Trinajstić information content (AvgIpc) is 2.96. The Hall–Kier alpha value is -0.700. The van der Waals surface area contributed by atoms with Crippen molar-refractivity contribution in [3.05, 3.63) is 69.9 Å². The van der Waals surface area contributed by atoms with Gasteiger partial charge >= 0.3 is 7.82 Å². The van der Waals surface area contributed by atoms with Crippen LogP contribution in [0.1, 0.15) is 41.5 Å². The first-order valence-electron chi connectivity index (χ1n) is 13.5. The molecule has 3 rings (SSSR count). The van der Waals surface area contributed by atoms with E-state index in [1.54, 1.807) is 39.6 Å². The van der Waals surface area contributed by atoms with Crippen LogP contribution in [-0.4, -0.2) is 56.3 Å². The van der Waals surface area contributed by atoms with Crippen LogP contribution in [0.3, 0.4) is 0 Å². The van der Waals surface area contributed by atoms with Crippen molar-refractivity contribution in [1.29, 1.82) is 0 Å². The lowest BCUT2D eigenvalue weighted by Crippen LogP contribution is -2.30. The van der Waals surface area contributed by atoms with Crippen molar-refractivity contribution in [3.63, 3.8) is 0 Å². The van der Waals surface area contributed by atoms with Crippen molar-refractivity contribution in [2.75, 3.05) is 41.2 Å². The molecule has 230 valence electrons. The van der Waals surface area contributed by atoms with Gasteiger partial charge in [0.2, 0.25) is 0 Å². The minimum absolute atomic E-state index is 0.0687. The maximum Gasteiger partial charge on any atom is 0.474 e. The molecule has 41 heavy (non-hydrogen) atoms. The molecule has 0 spiro atoms. The van der Waals surface area contributed by atoms with Crippen LogP contribution in [0.25, 0.3) is 0 Å². The van der Waals surface area contributed by atoms with Gasteiger partial charge in [-0.25, -0.2) is 4.57 Å². The first-order chi connectivity index (χ1) is 19.1. The Kier molecular flexibility index (Phi) is 11.5. The highest BCUT2D eigenvalue weighted by Gasteiger charge is 2.38. The highest BCUT2D eigenvalue weighted by Crippen LogP contribution is 2.53. The Labute approximate surface area is 259 Å². The van der Waals surface area contributed by atoms with E-state index in [1.165, 1.54) is 0 Å². The second-order valence-corrected chi connectivity index (χ2v) is 14.1. The Balaban J connectivity index is 1.80. The molecule has 6 atom stereocenters. The second kappa shape index (κ2) is 13.5. The summed E-state index contributed by atoms with van der Waals surface area (Å²) in [6.45, 7) is 11.8. The summed E-state index contributed by atoms with van der Waals surface area (Å²) < 4.78 is 48.5. The first kappa shape index (κ1) is 34.8. The molecule has 11 heteroatoms. The van der Waals surface area contributed by atoms with Crippen LogP contribution in [0, 0.1) is 17.8 Å². The van der Waals surface area contributed by atoms with Crippen LogP contribution in [-0.2, 0) is 32.3 Å². The third kappa shape index (κ3) is 7.34. The maximum atomic E-state index is 14.1. The number of hydrogen-bond acceptors (Lipinski definition) is 7. The standard InChI is InChI=1S/C30H42Cl3O7P/c1-19-22(4)28(31,35-7)13-10-25(19)16-38-41(34,39-17-26-11-14-29(32,36-8)23(5)20(26)2)40-18-27-12-15-30(33,37-9)24(6)21(27)3/h10-15,25-27H,16-18H2,1-9H3. The number of ether oxygens (including phenoxy) is 3. The number of alkyl halides is 3. The van der Waals surface area contributed by atoms with E-state index < -0.39 is 23.0 Å². The van der Waals surface area contributed by atoms with Crippen LogP contribution in [0.15, 0.2) is 69.9 Å². The van der Waals surface area contributed by atoms with Crippen molar-refractivity contribution >= 4 is 42.6 Å². The van der Waals surface area contributed by atoms with E-state index in [0.717, 1.165) is 33.4 Å². The molecular formula is C30H42Cl3O7P. The molecule has 0 bridgehead atoms. The van der Waals surface area contributed by atoms with Crippen LogP contribution in [0.5, 0.6) is 0 Å². The minimum Gasteiger partial charge on any atom is -0.355 e. The summed E-state index contributed by atoms with van der Waals surface area (Å²) in [5.41, 5.74) is 5.44. The fourth-order valence-corrected chi connectivity index (χ4v) is 6.92. The molecule has 0 aliphatic heterocycles. The number of methoxy groups -OCH3 is 3. The van der Waals surface area contributed by atoms with Crippen molar-refractivity contribution in [2.45, 2.75) is 56.7 Å². The van der Waals surface area contributed by atoms with Crippen molar-refractivity contribution in [3.8, 4) is 0 Å². The predicted octanol–water partition coefficient (Wildman–Crippen LogP) is 8.46. The van der Waals surface area contributed by atoms with Gasteiger partial charge in [0.25, 0.3) is 0 Å². The molecule has 7 nitrogen and oxygen atoms in total. The second-order valence-electron chi connectivity index (χ2n) is 10.7. The monoisotopic (exact) mass is 650 g/mol. The van der Waals surface area contributed by atoms with Crippen LogP contribution < -0.4 is 0 Å². The van der Waals surface area contributed by atoms with Gasteiger partial charge in [-0.2, -0.15) is 0 Å². The summed E-state index contributed by atoms with van der Waals surface area (Å²) in [6.07, 6.45) is 11.0. The lowest BCUT2D eigenvalue weighted by molar-refractivity contribution is 0.0928. The van der Waals surface area contributed by atoms with Gasteiger partial charge in [-0.3, -0.25) is 13.6 Å². The molecule has 0 N–H and O–H groups in total. The largest absolute Gasteiger partial charge is 0.474 e. The van der Waals surface area contributed by atoms with Crippen LogP contribution in [0.2, 0.25) is 0 Å². The first-order valence-corrected chi connectivity index (χ1v) is 16.1. The Morgan fingerprint density at radius 3 is 1.05 bits per heavy atom. The van der Waals surface area contributed by atoms with Gasteiger partial charge < -0.3 is 14.2 Å². The Morgan fingerprint density at radius 2 is 0.829 bits per heavy atom. The fraction of sp³-hybridized carbons (Fsp3) is 0.600. The summed E-state index contributed by atoms with van der Waals surface area (Å²) in [4.78, 5) is 0. The topological polar surface area (TPSA) is 72.5 Å². The van der Waals surface area contributed by atoms with E-state index >= 15 is 0 Å². The van der Waals surface area contributed by atoms with Crippen molar-refractivity contribution < 1.29 is 32.3 Å². The number of hydrogen-bond donors (Lipinski definition) is 0. The van der Waals surface area contributed by atoms with Crippen LogP contribution >= 0.6 is 42.6 Å². The molecule has 6 unspecified atom stereocenters. The number of phosphoric acid groups is 1. The fourth-order valence-electron chi connectivity index (χ4n) is 5.00. The van der Waals surface area contributed by atoms with E-state index in [0.29, 0.717) is 0 Å². The molecule has 3 aliphatic rings. The highest BCUT2D eigenvalue weighted by atomic mass is 35.5. The Bertz CT molecular complexity index is 1090. The zero-order valence-electron chi connectivity index (χ0n) is 25.3. The summed E-state index contributed by atoms with van der Waals surface area (Å²) in [7, 11) is 0.624. The van der Waals surface area contributed by atoms with E-state index in [9.17, 15) is 4.57 Å². The highest BCUT2D eigenvalue weighted by molar-refractivity contribution is 7.48. The SMILES string of the molecule is COC1(Cl)C=CC(COP(=O)(OCC2C=CC(Cl)(OC)C(C)=C2C)OCC2C=CC(Cl)(OC)C(C)=C2C)C(C)=C1C. The molecule has 3 aliphatic carbocycles. The number of rotatable bonds is 12. The predicted molar refractivity (Wildman–Crippen MR) is 165 cm³/mol. The van der Waals surface area contributed by atoms with Crippen molar-refractivity contribution in [2.24, 2.45) is 17.8 Å². The number of halogens is 3. The lowest BCUT2D eigenvalue weighted by atomic mass is 9.88. The van der Waals surface area contributed by atoms with Gasteiger partial charge in [0.1, 0.15) is 0 Å². The maximum absolute atomic E-state index is 14.1. The molecule has 0 heterocycles. The quantitative estimate of drug-likeness (QED) is 0.119. The zero-order chi connectivity index (χ0) is 30.8. The van der Waals surface area contributed by atoms with E-state index in [2.05, 4.69) is 0 Å². The summed E-state index contributed by atoms with van der Waals surface area (Å²) in [5, 5.41) is -3.04. The average molecular weight is 652 g/mol. The summed E-state index contributed by atoms with van der Waals surface area (Å²) in [5.74, 6) is -0.565. The van der Waals surface area contributed by atoms with Gasteiger partial charge in [0.15, 0.2) is 15.2 Å². The van der Waals surface area contributed by atoms with Gasteiger partial charge in [-0.05, 0) is 76.5 Å². The van der Waals surface area contributed by atoms with Gasteiger partial charge in [-0.15, -0.1) is 0 Å². The molecule has 0 aromatic rings. The van der Waals surface area contributed by atoms with E-state index in [-0.39, 0.29) is 37.6 Å². The molecule has 0 amide bonds. The van der Waals surface area contributed by atoms with E-state index in [1.807, 2.05) is 59.8 Å². The molecule has 0 aromatic heterocycles. The van der Waals surface area contributed by atoms with Crippen molar-refractivity contribution in [1.82, 2.24) is 0 Å². The van der Waals surface area contributed by atoms with Crippen LogP contribution in [0.4, 0.5) is 0 Å². The third-order valence-corrected chi connectivity index (χ3v) is 11.8. The molecular weight excluding hydrogens is 610 g/mol. The van der Waals surface area contributed by atoms with Gasteiger partial charge in [0.05, 0.1) is 19.8 Å². The minimum atomic E-state index is -4.04. The lowest BCUT2D eigenvalue weighted by Gasteiger charge is -2.34. The normalized spacial score (nSPS) is 35.5. The molecule has 0 saturated carbocycles. The molecule has 0 aromatic carbocycles. The molecule has 0 fully saturated rings.